The van der Waals surface area contributed by atoms with Gasteiger partial charge in [0.2, 0.25) is 0 Å². The number of carbonyl (C=O) groups excluding carboxylic acids is 1. The van der Waals surface area contributed by atoms with Crippen molar-refractivity contribution >= 4 is 39.7 Å². The van der Waals surface area contributed by atoms with Crippen molar-refractivity contribution in [3.05, 3.63) is 62.8 Å². The summed E-state index contributed by atoms with van der Waals surface area (Å²) in [6.45, 7) is 6.17. The van der Waals surface area contributed by atoms with Gasteiger partial charge in [-0.1, -0.05) is 38.4 Å². The number of benzene rings is 2. The molecule has 4 nitrogen and oxygen atoms in total. The molecule has 0 saturated heterocycles. The van der Waals surface area contributed by atoms with Crippen molar-refractivity contribution in [1.82, 2.24) is 5.43 Å². The monoisotopic (exact) mass is 440 g/mol. The smallest absolute Gasteiger partial charge is 0.277 e. The number of hydrogen-bond donors (Lipinski definition) is 1. The first-order valence-corrected chi connectivity index (χ1v) is 9.03. The van der Waals surface area contributed by atoms with Crippen molar-refractivity contribution in [3.8, 4) is 5.75 Å². The van der Waals surface area contributed by atoms with E-state index in [1.54, 1.807) is 0 Å². The number of carbonyl (C=O) groups is 1. The molecule has 0 heterocycles. The van der Waals surface area contributed by atoms with Crippen LogP contribution in [0.3, 0.4) is 0 Å². The van der Waals surface area contributed by atoms with Gasteiger partial charge in [0.15, 0.2) is 6.61 Å². The molecule has 7 heteroatoms. The van der Waals surface area contributed by atoms with Gasteiger partial charge >= 0.3 is 0 Å². The minimum absolute atomic E-state index is 0.0226. The minimum atomic E-state index is -0.437. The fraction of sp³-hybridized carbons (Fsp3) is 0.263. The molecule has 0 aliphatic carbocycles. The Hall–Kier alpha value is -1.92. The van der Waals surface area contributed by atoms with Gasteiger partial charge in [-0.3, -0.25) is 4.79 Å². The number of hydrazone groups is 1. The Morgan fingerprint density at radius 2 is 2.04 bits per heavy atom. The van der Waals surface area contributed by atoms with Crippen molar-refractivity contribution in [2.45, 2.75) is 26.2 Å². The fourth-order valence-electron chi connectivity index (χ4n) is 2.04. The average molecular weight is 442 g/mol. The van der Waals surface area contributed by atoms with Crippen LogP contribution in [0.1, 0.15) is 31.9 Å². The summed E-state index contributed by atoms with van der Waals surface area (Å²) in [6.07, 6.45) is 1.34. The highest BCUT2D eigenvalue weighted by atomic mass is 79.9. The molecule has 2 aromatic rings. The lowest BCUT2D eigenvalue weighted by atomic mass is 9.87. The lowest BCUT2D eigenvalue weighted by molar-refractivity contribution is -0.123. The van der Waals surface area contributed by atoms with E-state index < -0.39 is 11.7 Å². The van der Waals surface area contributed by atoms with E-state index in [9.17, 15) is 9.18 Å². The number of hydrogen-bond acceptors (Lipinski definition) is 3. The average Bonchev–Trinajstić information content (AvgIpc) is 2.55. The van der Waals surface area contributed by atoms with E-state index in [1.165, 1.54) is 24.4 Å². The van der Waals surface area contributed by atoms with Crippen LogP contribution < -0.4 is 10.2 Å². The maximum Gasteiger partial charge on any atom is 0.277 e. The fourth-order valence-corrected chi connectivity index (χ4v) is 2.75. The molecule has 0 aromatic heterocycles. The van der Waals surface area contributed by atoms with Gasteiger partial charge in [-0.2, -0.15) is 5.10 Å². The summed E-state index contributed by atoms with van der Waals surface area (Å²) in [5, 5.41) is 4.00. The molecule has 0 spiro atoms. The van der Waals surface area contributed by atoms with Crippen LogP contribution in [0.15, 0.2) is 46.0 Å². The molecule has 0 atom stereocenters. The highest BCUT2D eigenvalue weighted by Gasteiger charge is 2.15. The molecule has 138 valence electrons. The molecule has 0 radical (unpaired) electrons. The molecule has 0 unspecified atom stereocenters. The maximum atomic E-state index is 13.0. The molecule has 2 aromatic carbocycles. The van der Waals surface area contributed by atoms with E-state index in [2.05, 4.69) is 47.2 Å². The normalized spacial score (nSPS) is 11.6. The first kappa shape index (κ1) is 20.4. The summed E-state index contributed by atoms with van der Waals surface area (Å²) in [5.41, 5.74) is 4.01. The first-order valence-electron chi connectivity index (χ1n) is 7.86. The Balaban J connectivity index is 1.90. The van der Waals surface area contributed by atoms with E-state index in [0.717, 1.165) is 10.0 Å². The Labute approximate surface area is 165 Å². The van der Waals surface area contributed by atoms with Crippen LogP contribution in [0.4, 0.5) is 4.39 Å². The van der Waals surface area contributed by atoms with Gasteiger partial charge in [-0.05, 0) is 57.2 Å². The second kappa shape index (κ2) is 8.64. The van der Waals surface area contributed by atoms with Crippen LogP contribution in [-0.4, -0.2) is 18.7 Å². The molecular formula is C19H19BrClFN2O2. The van der Waals surface area contributed by atoms with E-state index in [-0.39, 0.29) is 17.0 Å². The number of ether oxygens (including phenoxy) is 1. The Bertz CT molecular complexity index is 835. The summed E-state index contributed by atoms with van der Waals surface area (Å²) < 4.78 is 19.2. The summed E-state index contributed by atoms with van der Waals surface area (Å²) >= 11 is 9.33. The third kappa shape index (κ3) is 5.81. The molecule has 1 N–H and O–H groups in total. The lowest BCUT2D eigenvalue weighted by Crippen LogP contribution is -2.24. The summed E-state index contributed by atoms with van der Waals surface area (Å²) in [5.74, 6) is -0.294. The Morgan fingerprint density at radius 1 is 1.31 bits per heavy atom. The Kier molecular flexibility index (Phi) is 6.78. The van der Waals surface area contributed by atoms with Gasteiger partial charge in [0, 0.05) is 5.56 Å². The van der Waals surface area contributed by atoms with Gasteiger partial charge in [0.25, 0.3) is 5.91 Å². The van der Waals surface area contributed by atoms with Crippen molar-refractivity contribution in [2.75, 3.05) is 6.61 Å². The van der Waals surface area contributed by atoms with Gasteiger partial charge < -0.3 is 4.74 Å². The summed E-state index contributed by atoms with van der Waals surface area (Å²) in [4.78, 5) is 11.8. The molecule has 0 fully saturated rings. The van der Waals surface area contributed by atoms with Crippen molar-refractivity contribution < 1.29 is 13.9 Å². The predicted molar refractivity (Wildman–Crippen MR) is 105 cm³/mol. The zero-order valence-electron chi connectivity index (χ0n) is 14.6. The molecule has 0 aliphatic rings. The topological polar surface area (TPSA) is 50.7 Å². The van der Waals surface area contributed by atoms with Crippen LogP contribution in [0.2, 0.25) is 5.02 Å². The second-order valence-corrected chi connectivity index (χ2v) is 7.90. The van der Waals surface area contributed by atoms with Gasteiger partial charge in [0.1, 0.15) is 11.6 Å². The Morgan fingerprint density at radius 3 is 2.65 bits per heavy atom. The maximum absolute atomic E-state index is 13.0. The van der Waals surface area contributed by atoms with Gasteiger partial charge in [-0.25, -0.2) is 9.82 Å². The first-order chi connectivity index (χ1) is 12.2. The standard InChI is InChI=1S/C19H19BrClFN2O2/c1-19(2,3)13-5-7-17(15(20)8-13)26-11-18(25)24-23-10-12-4-6-14(22)9-16(12)21/h4-10H,11H2,1-3H3,(H,24,25). The van der Waals surface area contributed by atoms with Crippen LogP contribution in [0, 0.1) is 5.82 Å². The van der Waals surface area contributed by atoms with Crippen LogP contribution in [0.5, 0.6) is 5.75 Å². The molecule has 2 rings (SSSR count). The highest BCUT2D eigenvalue weighted by molar-refractivity contribution is 9.10. The molecule has 0 bridgehead atoms. The van der Waals surface area contributed by atoms with Crippen molar-refractivity contribution in [2.24, 2.45) is 5.10 Å². The van der Waals surface area contributed by atoms with Crippen LogP contribution in [-0.2, 0) is 10.2 Å². The SMILES string of the molecule is CC(C)(C)c1ccc(OCC(=O)NN=Cc2ccc(F)cc2Cl)c(Br)c1. The number of nitrogens with one attached hydrogen (secondary N) is 1. The van der Waals surface area contributed by atoms with E-state index in [4.69, 9.17) is 16.3 Å². The van der Waals surface area contributed by atoms with Crippen molar-refractivity contribution in [1.29, 1.82) is 0 Å². The van der Waals surface area contributed by atoms with E-state index >= 15 is 0 Å². The largest absolute Gasteiger partial charge is 0.483 e. The van der Waals surface area contributed by atoms with Crippen molar-refractivity contribution in [3.63, 3.8) is 0 Å². The minimum Gasteiger partial charge on any atom is -0.483 e. The number of nitrogens with zero attached hydrogens (tertiary/aromatic N) is 1. The van der Waals surface area contributed by atoms with Gasteiger partial charge in [-0.15, -0.1) is 0 Å². The lowest BCUT2D eigenvalue weighted by Gasteiger charge is -2.20. The number of rotatable bonds is 5. The summed E-state index contributed by atoms with van der Waals surface area (Å²) in [7, 11) is 0. The zero-order valence-corrected chi connectivity index (χ0v) is 17.0. The third-order valence-corrected chi connectivity index (χ3v) is 4.46. The van der Waals surface area contributed by atoms with E-state index in [0.29, 0.717) is 11.3 Å². The summed E-state index contributed by atoms with van der Waals surface area (Å²) in [6, 6.07) is 9.66. The zero-order chi connectivity index (χ0) is 19.3. The molecule has 26 heavy (non-hydrogen) atoms. The third-order valence-electron chi connectivity index (χ3n) is 3.51. The molecular weight excluding hydrogens is 423 g/mol. The van der Waals surface area contributed by atoms with E-state index in [1.807, 2.05) is 18.2 Å². The van der Waals surface area contributed by atoms with Crippen LogP contribution >= 0.6 is 27.5 Å². The van der Waals surface area contributed by atoms with Gasteiger partial charge in [0.05, 0.1) is 15.7 Å². The highest BCUT2D eigenvalue weighted by Crippen LogP contribution is 2.31. The molecule has 1 amide bonds. The number of halogens is 3. The predicted octanol–water partition coefficient (Wildman–Crippen LogP) is 5.07. The molecule has 0 saturated carbocycles. The van der Waals surface area contributed by atoms with Crippen LogP contribution in [0.25, 0.3) is 0 Å². The molecule has 0 aliphatic heterocycles. The second-order valence-electron chi connectivity index (χ2n) is 6.64. The quantitative estimate of drug-likeness (QED) is 0.520. The number of amides is 1.